The molecule has 0 unspecified atom stereocenters. The molecule has 4 rings (SSSR count). The van der Waals surface area contributed by atoms with E-state index in [2.05, 4.69) is 10.3 Å². The summed E-state index contributed by atoms with van der Waals surface area (Å²) in [7, 11) is -3.34. The molecule has 0 bridgehead atoms. The number of nitrogens with zero attached hydrogens (tertiary/aromatic N) is 2. The van der Waals surface area contributed by atoms with Crippen LogP contribution >= 0.6 is 0 Å². The lowest BCUT2D eigenvalue weighted by Gasteiger charge is -2.08. The van der Waals surface area contributed by atoms with E-state index in [-0.39, 0.29) is 11.5 Å². The normalized spacial score (nSPS) is 11.6. The zero-order valence-corrected chi connectivity index (χ0v) is 17.2. The standard InChI is InChI=1S/C22H21N3O4S/c1-30(27,28)14-19-18-7-2-3-8-20(18)29-21(19)22(26)24-12-16-5-4-6-17(11-16)13-25-10-9-23-15-25/h2-11,15H,12-14H2,1H3,(H,24,26). The van der Waals surface area contributed by atoms with Gasteiger partial charge < -0.3 is 14.3 Å². The lowest BCUT2D eigenvalue weighted by Crippen LogP contribution is -2.23. The molecule has 0 spiro atoms. The van der Waals surface area contributed by atoms with Crippen molar-refractivity contribution in [3.63, 3.8) is 0 Å². The van der Waals surface area contributed by atoms with E-state index in [0.717, 1.165) is 17.4 Å². The monoisotopic (exact) mass is 423 g/mol. The highest BCUT2D eigenvalue weighted by atomic mass is 32.2. The Morgan fingerprint density at radius 1 is 1.13 bits per heavy atom. The van der Waals surface area contributed by atoms with Gasteiger partial charge in [0.25, 0.3) is 5.91 Å². The molecule has 0 radical (unpaired) electrons. The molecular weight excluding hydrogens is 402 g/mol. The van der Waals surface area contributed by atoms with E-state index in [0.29, 0.717) is 29.6 Å². The molecule has 0 aliphatic carbocycles. The summed E-state index contributed by atoms with van der Waals surface area (Å²) in [6.07, 6.45) is 6.51. The van der Waals surface area contributed by atoms with Crippen molar-refractivity contribution in [2.75, 3.05) is 6.26 Å². The molecule has 2 heterocycles. The number of para-hydroxylation sites is 1. The van der Waals surface area contributed by atoms with Gasteiger partial charge in [-0.2, -0.15) is 0 Å². The van der Waals surface area contributed by atoms with E-state index >= 15 is 0 Å². The topological polar surface area (TPSA) is 94.2 Å². The van der Waals surface area contributed by atoms with Gasteiger partial charge in [-0.25, -0.2) is 13.4 Å². The van der Waals surface area contributed by atoms with Crippen LogP contribution in [0.1, 0.15) is 27.2 Å². The summed E-state index contributed by atoms with van der Waals surface area (Å²) >= 11 is 0. The first-order valence-corrected chi connectivity index (χ1v) is 11.4. The van der Waals surface area contributed by atoms with Gasteiger partial charge in [0.2, 0.25) is 0 Å². The molecule has 2 aromatic heterocycles. The van der Waals surface area contributed by atoms with Crippen molar-refractivity contribution in [1.82, 2.24) is 14.9 Å². The SMILES string of the molecule is CS(=O)(=O)Cc1c(C(=O)NCc2cccc(Cn3ccnc3)c2)oc2ccccc12. The molecule has 0 saturated carbocycles. The maximum absolute atomic E-state index is 12.8. The van der Waals surface area contributed by atoms with Crippen LogP contribution in [0.4, 0.5) is 0 Å². The number of nitrogens with one attached hydrogen (secondary N) is 1. The van der Waals surface area contributed by atoms with E-state index < -0.39 is 15.7 Å². The van der Waals surface area contributed by atoms with Crippen molar-refractivity contribution < 1.29 is 17.6 Å². The van der Waals surface area contributed by atoms with Crippen LogP contribution in [0.25, 0.3) is 11.0 Å². The first-order valence-electron chi connectivity index (χ1n) is 9.39. The van der Waals surface area contributed by atoms with Crippen LogP contribution in [0, 0.1) is 0 Å². The van der Waals surface area contributed by atoms with Crippen LogP contribution in [0.15, 0.2) is 71.7 Å². The predicted octanol–water partition coefficient (Wildman–Crippen LogP) is 3.15. The number of hydrogen-bond donors (Lipinski definition) is 1. The fraction of sp³-hybridized carbons (Fsp3) is 0.182. The molecule has 30 heavy (non-hydrogen) atoms. The highest BCUT2D eigenvalue weighted by Crippen LogP contribution is 2.27. The van der Waals surface area contributed by atoms with Crippen molar-refractivity contribution in [2.45, 2.75) is 18.8 Å². The quantitative estimate of drug-likeness (QED) is 0.493. The molecule has 2 aromatic carbocycles. The minimum atomic E-state index is -3.34. The van der Waals surface area contributed by atoms with E-state index in [1.165, 1.54) is 0 Å². The molecule has 0 aliphatic rings. The van der Waals surface area contributed by atoms with Crippen molar-refractivity contribution >= 4 is 26.7 Å². The number of fused-ring (bicyclic) bond motifs is 1. The van der Waals surface area contributed by atoms with E-state index in [9.17, 15) is 13.2 Å². The first-order chi connectivity index (χ1) is 14.4. The van der Waals surface area contributed by atoms with Gasteiger partial charge in [-0.1, -0.05) is 42.5 Å². The fourth-order valence-corrected chi connectivity index (χ4v) is 4.19. The summed E-state index contributed by atoms with van der Waals surface area (Å²) in [5.74, 6) is -0.659. The summed E-state index contributed by atoms with van der Waals surface area (Å²) in [6.45, 7) is 0.982. The first kappa shape index (κ1) is 19.9. The number of sulfone groups is 1. The molecule has 1 amide bonds. The Balaban J connectivity index is 1.53. The molecule has 0 atom stereocenters. The van der Waals surface area contributed by atoms with Crippen molar-refractivity contribution in [3.05, 3.63) is 89.7 Å². The Kier molecular flexibility index (Phi) is 5.41. The Morgan fingerprint density at radius 2 is 1.93 bits per heavy atom. The third kappa shape index (κ3) is 4.60. The Hall–Kier alpha value is -3.39. The molecule has 1 N–H and O–H groups in total. The second kappa shape index (κ2) is 8.16. The molecule has 154 valence electrons. The third-order valence-corrected chi connectivity index (χ3v) is 5.49. The number of amides is 1. The van der Waals surface area contributed by atoms with Crippen molar-refractivity contribution in [1.29, 1.82) is 0 Å². The van der Waals surface area contributed by atoms with Crippen LogP contribution in [-0.4, -0.2) is 30.1 Å². The van der Waals surface area contributed by atoms with Gasteiger partial charge in [0, 0.05) is 42.7 Å². The number of rotatable bonds is 7. The lowest BCUT2D eigenvalue weighted by molar-refractivity contribution is 0.0924. The molecule has 4 aromatic rings. The zero-order valence-electron chi connectivity index (χ0n) is 16.4. The number of aromatic nitrogens is 2. The van der Waals surface area contributed by atoms with Crippen molar-refractivity contribution in [3.8, 4) is 0 Å². The molecule has 7 nitrogen and oxygen atoms in total. The Morgan fingerprint density at radius 3 is 2.70 bits per heavy atom. The van der Waals surface area contributed by atoms with E-state index in [1.807, 2.05) is 35.0 Å². The maximum Gasteiger partial charge on any atom is 0.287 e. The van der Waals surface area contributed by atoms with Gasteiger partial charge in [0.15, 0.2) is 15.6 Å². The molecule has 0 aliphatic heterocycles. The second-order valence-corrected chi connectivity index (χ2v) is 9.35. The van der Waals surface area contributed by atoms with E-state index in [1.54, 1.807) is 36.8 Å². The number of benzene rings is 2. The lowest BCUT2D eigenvalue weighted by atomic mass is 10.1. The van der Waals surface area contributed by atoms with Crippen LogP contribution in [0.2, 0.25) is 0 Å². The van der Waals surface area contributed by atoms with Gasteiger partial charge >= 0.3 is 0 Å². The summed E-state index contributed by atoms with van der Waals surface area (Å²) in [5.41, 5.74) is 2.89. The molecule has 8 heteroatoms. The van der Waals surface area contributed by atoms with Crippen LogP contribution in [0.3, 0.4) is 0 Å². The number of carbonyl (C=O) groups is 1. The predicted molar refractivity (Wildman–Crippen MR) is 114 cm³/mol. The maximum atomic E-state index is 12.8. The number of imidazole rings is 1. The molecule has 0 fully saturated rings. The summed E-state index contributed by atoms with van der Waals surface area (Å²) in [6, 6.07) is 14.9. The highest BCUT2D eigenvalue weighted by Gasteiger charge is 2.23. The Labute approximate surface area is 174 Å². The van der Waals surface area contributed by atoms with Crippen LogP contribution in [-0.2, 0) is 28.7 Å². The smallest absolute Gasteiger partial charge is 0.287 e. The van der Waals surface area contributed by atoms with Crippen LogP contribution in [0.5, 0.6) is 0 Å². The number of hydrogen-bond acceptors (Lipinski definition) is 5. The zero-order chi connectivity index (χ0) is 21.1. The summed E-state index contributed by atoms with van der Waals surface area (Å²) in [4.78, 5) is 16.9. The van der Waals surface area contributed by atoms with E-state index in [4.69, 9.17) is 4.42 Å². The van der Waals surface area contributed by atoms with Gasteiger partial charge in [-0.05, 0) is 17.2 Å². The molecular formula is C22H21N3O4S. The minimum Gasteiger partial charge on any atom is -0.451 e. The molecule has 0 saturated heterocycles. The van der Waals surface area contributed by atoms with Gasteiger partial charge in [0.1, 0.15) is 5.58 Å². The number of furan rings is 1. The van der Waals surface area contributed by atoms with Crippen LogP contribution < -0.4 is 5.32 Å². The van der Waals surface area contributed by atoms with Gasteiger partial charge in [-0.15, -0.1) is 0 Å². The van der Waals surface area contributed by atoms with Gasteiger partial charge in [0.05, 0.1) is 12.1 Å². The van der Waals surface area contributed by atoms with Crippen molar-refractivity contribution in [2.24, 2.45) is 0 Å². The summed E-state index contributed by atoms with van der Waals surface area (Å²) in [5, 5.41) is 3.48. The highest BCUT2D eigenvalue weighted by molar-refractivity contribution is 7.89. The Bertz CT molecular complexity index is 1290. The largest absolute Gasteiger partial charge is 0.451 e. The average Bonchev–Trinajstić information content (AvgIpc) is 3.34. The fourth-order valence-electron chi connectivity index (χ4n) is 3.38. The third-order valence-electron chi connectivity index (χ3n) is 4.68. The summed E-state index contributed by atoms with van der Waals surface area (Å²) < 4.78 is 31.4. The second-order valence-electron chi connectivity index (χ2n) is 7.21. The number of carbonyl (C=O) groups excluding carboxylic acids is 1. The average molecular weight is 423 g/mol. The minimum absolute atomic E-state index is 0.0381. The van der Waals surface area contributed by atoms with Gasteiger partial charge in [-0.3, -0.25) is 4.79 Å².